The first kappa shape index (κ1) is 20.9. The fourth-order valence-electron chi connectivity index (χ4n) is 3.45. The second-order valence-electron chi connectivity index (χ2n) is 7.07. The van der Waals surface area contributed by atoms with Crippen LogP contribution in [0.25, 0.3) is 0 Å². The SMILES string of the molecule is COCC(=O)N1CCCC[C@@H]1c1ncc(C(=O)NCc2ccc(F)cc2)c(C)n1. The molecule has 1 fully saturated rings. The number of hydrogen-bond donors (Lipinski definition) is 1. The Hall–Kier alpha value is -2.87. The molecule has 1 saturated heterocycles. The zero-order valence-electron chi connectivity index (χ0n) is 16.7. The van der Waals surface area contributed by atoms with E-state index in [9.17, 15) is 14.0 Å². The zero-order valence-corrected chi connectivity index (χ0v) is 16.7. The van der Waals surface area contributed by atoms with Gasteiger partial charge in [0.1, 0.15) is 12.4 Å². The van der Waals surface area contributed by atoms with E-state index in [1.807, 2.05) is 0 Å². The first-order chi connectivity index (χ1) is 14.0. The number of hydrogen-bond acceptors (Lipinski definition) is 5. The molecule has 0 saturated carbocycles. The molecule has 2 aromatic rings. The van der Waals surface area contributed by atoms with Crippen molar-refractivity contribution < 1.29 is 18.7 Å². The molecule has 154 valence electrons. The number of carbonyl (C=O) groups is 2. The number of piperidine rings is 1. The van der Waals surface area contributed by atoms with Crippen LogP contribution in [0.2, 0.25) is 0 Å². The van der Waals surface area contributed by atoms with Crippen LogP contribution in [0.1, 0.15) is 52.7 Å². The summed E-state index contributed by atoms with van der Waals surface area (Å²) in [5.41, 5.74) is 1.72. The van der Waals surface area contributed by atoms with Crippen LogP contribution in [0.5, 0.6) is 0 Å². The van der Waals surface area contributed by atoms with Crippen LogP contribution in [-0.2, 0) is 16.1 Å². The normalized spacial score (nSPS) is 16.5. The molecule has 0 radical (unpaired) electrons. The topological polar surface area (TPSA) is 84.4 Å². The van der Waals surface area contributed by atoms with Crippen molar-refractivity contribution in [1.29, 1.82) is 0 Å². The minimum Gasteiger partial charge on any atom is -0.375 e. The van der Waals surface area contributed by atoms with Gasteiger partial charge in [-0.15, -0.1) is 0 Å². The molecule has 0 spiro atoms. The highest BCUT2D eigenvalue weighted by Gasteiger charge is 2.30. The van der Waals surface area contributed by atoms with Gasteiger partial charge in [-0.3, -0.25) is 9.59 Å². The highest BCUT2D eigenvalue weighted by Crippen LogP contribution is 2.29. The molecular formula is C21H25FN4O3. The second-order valence-corrected chi connectivity index (χ2v) is 7.07. The molecule has 3 rings (SSSR count). The molecule has 0 unspecified atom stereocenters. The molecule has 7 nitrogen and oxygen atoms in total. The fraction of sp³-hybridized carbons (Fsp3) is 0.429. The largest absolute Gasteiger partial charge is 0.375 e. The number of methoxy groups -OCH3 is 1. The molecular weight excluding hydrogens is 375 g/mol. The van der Waals surface area contributed by atoms with Crippen molar-refractivity contribution in [3.8, 4) is 0 Å². The van der Waals surface area contributed by atoms with Gasteiger partial charge in [-0.25, -0.2) is 14.4 Å². The highest BCUT2D eigenvalue weighted by molar-refractivity contribution is 5.94. The van der Waals surface area contributed by atoms with Gasteiger partial charge in [0.15, 0.2) is 5.82 Å². The maximum atomic E-state index is 13.0. The molecule has 1 aromatic heterocycles. The number of nitrogens with one attached hydrogen (secondary N) is 1. The van der Waals surface area contributed by atoms with Gasteiger partial charge in [0.25, 0.3) is 5.91 Å². The lowest BCUT2D eigenvalue weighted by molar-refractivity contribution is -0.139. The number of amides is 2. The molecule has 1 N–H and O–H groups in total. The Morgan fingerprint density at radius 1 is 1.28 bits per heavy atom. The third kappa shape index (κ3) is 5.14. The van der Waals surface area contributed by atoms with E-state index in [1.54, 1.807) is 24.0 Å². The van der Waals surface area contributed by atoms with Gasteiger partial charge in [0, 0.05) is 26.4 Å². The standard InChI is InChI=1S/C21H25FN4O3/c1-14-17(21(28)24-11-15-6-8-16(22)9-7-15)12-23-20(25-14)18-5-3-4-10-26(18)19(27)13-29-2/h6-9,12,18H,3-5,10-11,13H2,1-2H3,(H,24,28)/t18-/m1/s1. The number of likely N-dealkylation sites (tertiary alicyclic amines) is 1. The summed E-state index contributed by atoms with van der Waals surface area (Å²) in [5, 5.41) is 2.80. The van der Waals surface area contributed by atoms with Crippen LogP contribution in [0, 0.1) is 12.7 Å². The van der Waals surface area contributed by atoms with E-state index in [4.69, 9.17) is 4.74 Å². The summed E-state index contributed by atoms with van der Waals surface area (Å²) in [6, 6.07) is 5.74. The van der Waals surface area contributed by atoms with E-state index in [-0.39, 0.29) is 36.8 Å². The number of aromatic nitrogens is 2. The van der Waals surface area contributed by atoms with Crippen molar-refractivity contribution in [3.63, 3.8) is 0 Å². The van der Waals surface area contributed by atoms with Crippen LogP contribution in [0.4, 0.5) is 4.39 Å². The van der Waals surface area contributed by atoms with Crippen LogP contribution in [0.3, 0.4) is 0 Å². The molecule has 8 heteroatoms. The van der Waals surface area contributed by atoms with Crippen LogP contribution in [0.15, 0.2) is 30.5 Å². The second kappa shape index (κ2) is 9.56. The molecule has 1 aliphatic heterocycles. The van der Waals surface area contributed by atoms with Crippen molar-refractivity contribution in [2.45, 2.75) is 38.8 Å². The summed E-state index contributed by atoms with van der Waals surface area (Å²) in [6.07, 6.45) is 4.22. The number of halogens is 1. The van der Waals surface area contributed by atoms with Gasteiger partial charge in [-0.1, -0.05) is 12.1 Å². The maximum Gasteiger partial charge on any atom is 0.254 e. The predicted octanol–water partition coefficient (Wildman–Crippen LogP) is 2.55. The average molecular weight is 400 g/mol. The molecule has 2 amide bonds. The first-order valence-electron chi connectivity index (χ1n) is 9.64. The van der Waals surface area contributed by atoms with Crippen molar-refractivity contribution in [2.75, 3.05) is 20.3 Å². The smallest absolute Gasteiger partial charge is 0.254 e. The minimum absolute atomic E-state index is 0.0271. The quantitative estimate of drug-likeness (QED) is 0.806. The zero-order chi connectivity index (χ0) is 20.8. The third-order valence-corrected chi connectivity index (χ3v) is 5.00. The Morgan fingerprint density at radius 2 is 2.03 bits per heavy atom. The molecule has 0 bridgehead atoms. The molecule has 0 aliphatic carbocycles. The Labute approximate surface area is 169 Å². The lowest BCUT2D eigenvalue weighted by Gasteiger charge is -2.34. The van der Waals surface area contributed by atoms with E-state index in [0.717, 1.165) is 24.8 Å². The van der Waals surface area contributed by atoms with Gasteiger partial charge < -0.3 is 15.0 Å². The maximum absolute atomic E-state index is 13.0. The molecule has 1 aliphatic rings. The monoisotopic (exact) mass is 400 g/mol. The summed E-state index contributed by atoms with van der Waals surface area (Å²) in [5.74, 6) is -0.156. The van der Waals surface area contributed by atoms with Gasteiger partial charge in [0.2, 0.25) is 5.91 Å². The Kier molecular flexibility index (Phi) is 6.87. The lowest BCUT2D eigenvalue weighted by atomic mass is 10.0. The van der Waals surface area contributed by atoms with Crippen molar-refractivity contribution >= 4 is 11.8 Å². The van der Waals surface area contributed by atoms with Crippen molar-refractivity contribution in [3.05, 3.63) is 58.9 Å². The van der Waals surface area contributed by atoms with Gasteiger partial charge in [-0.05, 0) is 43.9 Å². The van der Waals surface area contributed by atoms with Crippen LogP contribution in [-0.4, -0.2) is 46.9 Å². The summed E-state index contributed by atoms with van der Waals surface area (Å²) >= 11 is 0. The summed E-state index contributed by atoms with van der Waals surface area (Å²) in [7, 11) is 1.50. The first-order valence-corrected chi connectivity index (χ1v) is 9.64. The number of aryl methyl sites for hydroxylation is 1. The molecule has 1 atom stereocenters. The molecule has 2 heterocycles. The fourth-order valence-corrected chi connectivity index (χ4v) is 3.45. The van der Waals surface area contributed by atoms with Crippen molar-refractivity contribution in [1.82, 2.24) is 20.2 Å². The van der Waals surface area contributed by atoms with Gasteiger partial charge in [0.05, 0.1) is 17.3 Å². The van der Waals surface area contributed by atoms with Gasteiger partial charge >= 0.3 is 0 Å². The number of nitrogens with zero attached hydrogens (tertiary/aromatic N) is 3. The van der Waals surface area contributed by atoms with E-state index in [1.165, 1.54) is 25.4 Å². The van der Waals surface area contributed by atoms with Gasteiger partial charge in [-0.2, -0.15) is 0 Å². The minimum atomic E-state index is -0.319. The molecule has 1 aromatic carbocycles. The van der Waals surface area contributed by atoms with E-state index in [0.29, 0.717) is 23.6 Å². The number of ether oxygens (including phenoxy) is 1. The Bertz CT molecular complexity index is 873. The predicted molar refractivity (Wildman–Crippen MR) is 105 cm³/mol. The lowest BCUT2D eigenvalue weighted by Crippen LogP contribution is -2.41. The Balaban J connectivity index is 1.70. The number of benzene rings is 1. The number of rotatable bonds is 6. The summed E-state index contributed by atoms with van der Waals surface area (Å²) in [4.78, 5) is 35.5. The molecule has 29 heavy (non-hydrogen) atoms. The van der Waals surface area contributed by atoms with Crippen LogP contribution >= 0.6 is 0 Å². The van der Waals surface area contributed by atoms with Crippen LogP contribution < -0.4 is 5.32 Å². The number of carbonyl (C=O) groups excluding carboxylic acids is 2. The van der Waals surface area contributed by atoms with Crippen molar-refractivity contribution in [2.24, 2.45) is 0 Å². The highest BCUT2D eigenvalue weighted by atomic mass is 19.1. The summed E-state index contributed by atoms with van der Waals surface area (Å²) < 4.78 is 18.0. The van der Waals surface area contributed by atoms with E-state index in [2.05, 4.69) is 15.3 Å². The summed E-state index contributed by atoms with van der Waals surface area (Å²) in [6.45, 7) is 2.71. The van der Waals surface area contributed by atoms with E-state index < -0.39 is 0 Å². The third-order valence-electron chi connectivity index (χ3n) is 5.00. The Morgan fingerprint density at radius 3 is 2.72 bits per heavy atom. The average Bonchev–Trinajstić information content (AvgIpc) is 2.73. The van der Waals surface area contributed by atoms with E-state index >= 15 is 0 Å².